The third kappa shape index (κ3) is 5.71. The first-order valence-corrected chi connectivity index (χ1v) is 10.7. The molecule has 2 N–H and O–H groups in total. The van der Waals surface area contributed by atoms with Gasteiger partial charge in [-0.05, 0) is 55.7 Å². The number of nitrogens with one attached hydrogen (secondary N) is 2. The molecule has 0 spiro atoms. The number of halogens is 2. The third-order valence-corrected chi connectivity index (χ3v) is 5.39. The summed E-state index contributed by atoms with van der Waals surface area (Å²) in [5.74, 6) is 0.123. The van der Waals surface area contributed by atoms with Crippen molar-refractivity contribution in [1.29, 1.82) is 0 Å². The number of allylic oxidation sites excluding steroid dienone is 1. The van der Waals surface area contributed by atoms with Crippen LogP contribution in [0.25, 0.3) is 0 Å². The lowest BCUT2D eigenvalue weighted by Crippen LogP contribution is -2.46. The fourth-order valence-electron chi connectivity index (χ4n) is 3.25. The molecule has 1 heterocycles. The average molecular weight is 463 g/mol. The first-order chi connectivity index (χ1) is 14.8. The van der Waals surface area contributed by atoms with Gasteiger partial charge in [-0.1, -0.05) is 48.3 Å². The highest BCUT2D eigenvalue weighted by Gasteiger charge is 2.33. The summed E-state index contributed by atoms with van der Waals surface area (Å²) in [5, 5.41) is 6.47. The number of esters is 1. The van der Waals surface area contributed by atoms with E-state index in [1.54, 1.807) is 38.1 Å². The number of benzene rings is 2. The van der Waals surface area contributed by atoms with Crippen molar-refractivity contribution in [2.75, 3.05) is 0 Å². The second kappa shape index (κ2) is 10.1. The van der Waals surface area contributed by atoms with Gasteiger partial charge in [-0.2, -0.15) is 0 Å². The van der Waals surface area contributed by atoms with E-state index in [-0.39, 0.29) is 18.7 Å². The van der Waals surface area contributed by atoms with Gasteiger partial charge < -0.3 is 20.1 Å². The number of ether oxygens (including phenoxy) is 2. The molecule has 0 aliphatic carbocycles. The van der Waals surface area contributed by atoms with E-state index in [0.29, 0.717) is 39.0 Å². The van der Waals surface area contributed by atoms with Crippen molar-refractivity contribution in [1.82, 2.24) is 10.6 Å². The van der Waals surface area contributed by atoms with Crippen molar-refractivity contribution in [2.45, 2.75) is 45.9 Å². The zero-order chi connectivity index (χ0) is 22.5. The minimum Gasteiger partial charge on any atom is -0.489 e. The maximum atomic E-state index is 12.8. The molecule has 1 unspecified atom stereocenters. The monoisotopic (exact) mass is 462 g/mol. The Morgan fingerprint density at radius 1 is 1.13 bits per heavy atom. The summed E-state index contributed by atoms with van der Waals surface area (Å²) in [7, 11) is 0. The molecule has 31 heavy (non-hydrogen) atoms. The van der Waals surface area contributed by atoms with Gasteiger partial charge in [-0.25, -0.2) is 9.59 Å². The lowest BCUT2D eigenvalue weighted by Gasteiger charge is -2.29. The van der Waals surface area contributed by atoms with Crippen LogP contribution in [0.5, 0.6) is 5.75 Å². The Morgan fingerprint density at radius 3 is 2.58 bits per heavy atom. The standard InChI is InChI=1S/C23H24Cl2N2O4/c1-4-19-20(22(28)31-13(2)3)21(27-23(29)26-19)15-6-5-7-16(11-15)30-12-14-8-9-17(24)18(25)10-14/h5-11,13,21H,4,12H2,1-3H3,(H2,26,27,29). The van der Waals surface area contributed by atoms with E-state index < -0.39 is 12.0 Å². The van der Waals surface area contributed by atoms with Crippen LogP contribution < -0.4 is 15.4 Å². The Morgan fingerprint density at radius 2 is 1.90 bits per heavy atom. The zero-order valence-electron chi connectivity index (χ0n) is 17.5. The highest BCUT2D eigenvalue weighted by molar-refractivity contribution is 6.42. The molecule has 2 aromatic rings. The van der Waals surface area contributed by atoms with E-state index >= 15 is 0 Å². The quantitative estimate of drug-likeness (QED) is 0.529. The molecule has 3 rings (SSSR count). The number of carbonyl (C=O) groups excluding carboxylic acids is 2. The predicted octanol–water partition coefficient (Wildman–Crippen LogP) is 5.54. The Kier molecular flexibility index (Phi) is 7.46. The van der Waals surface area contributed by atoms with Crippen LogP contribution in [0.3, 0.4) is 0 Å². The van der Waals surface area contributed by atoms with Gasteiger partial charge in [0.15, 0.2) is 0 Å². The summed E-state index contributed by atoms with van der Waals surface area (Å²) in [4.78, 5) is 25.0. The van der Waals surface area contributed by atoms with Crippen molar-refractivity contribution in [3.05, 3.63) is 74.9 Å². The molecule has 6 nitrogen and oxygen atoms in total. The van der Waals surface area contributed by atoms with Crippen molar-refractivity contribution in [3.8, 4) is 5.75 Å². The van der Waals surface area contributed by atoms with Crippen LogP contribution in [0.2, 0.25) is 10.0 Å². The van der Waals surface area contributed by atoms with Gasteiger partial charge in [0.25, 0.3) is 0 Å². The van der Waals surface area contributed by atoms with Gasteiger partial charge >= 0.3 is 12.0 Å². The highest BCUT2D eigenvalue weighted by Crippen LogP contribution is 2.31. The summed E-state index contributed by atoms with van der Waals surface area (Å²) in [6, 6.07) is 11.5. The van der Waals surface area contributed by atoms with Gasteiger partial charge in [-0.15, -0.1) is 0 Å². The number of rotatable bonds is 7. The second-order valence-corrected chi connectivity index (χ2v) is 8.16. The van der Waals surface area contributed by atoms with Crippen LogP contribution in [-0.4, -0.2) is 18.1 Å². The van der Waals surface area contributed by atoms with Crippen LogP contribution in [0.1, 0.15) is 44.4 Å². The Hall–Kier alpha value is -2.70. The minimum absolute atomic E-state index is 0.280. The van der Waals surface area contributed by atoms with Crippen molar-refractivity contribution in [3.63, 3.8) is 0 Å². The van der Waals surface area contributed by atoms with E-state index in [4.69, 9.17) is 32.7 Å². The molecular weight excluding hydrogens is 439 g/mol. The maximum Gasteiger partial charge on any atom is 0.338 e. The van der Waals surface area contributed by atoms with E-state index in [1.165, 1.54) is 0 Å². The van der Waals surface area contributed by atoms with E-state index in [1.807, 2.05) is 25.1 Å². The van der Waals surface area contributed by atoms with Gasteiger partial charge in [0.2, 0.25) is 0 Å². The zero-order valence-corrected chi connectivity index (χ0v) is 19.0. The van der Waals surface area contributed by atoms with Gasteiger partial charge in [0, 0.05) is 5.70 Å². The summed E-state index contributed by atoms with van der Waals surface area (Å²) < 4.78 is 11.3. The Bertz CT molecular complexity index is 1020. The molecule has 0 saturated carbocycles. The minimum atomic E-state index is -0.650. The van der Waals surface area contributed by atoms with Crippen LogP contribution >= 0.6 is 23.2 Å². The predicted molar refractivity (Wildman–Crippen MR) is 120 cm³/mol. The topological polar surface area (TPSA) is 76.7 Å². The molecule has 0 saturated heterocycles. The molecule has 0 radical (unpaired) electrons. The van der Waals surface area contributed by atoms with E-state index in [9.17, 15) is 9.59 Å². The molecule has 164 valence electrons. The number of urea groups is 1. The number of amides is 2. The first kappa shape index (κ1) is 23.0. The second-order valence-electron chi connectivity index (χ2n) is 7.34. The fraction of sp³-hybridized carbons (Fsp3) is 0.304. The van der Waals surface area contributed by atoms with Gasteiger partial charge in [0.1, 0.15) is 12.4 Å². The van der Waals surface area contributed by atoms with Gasteiger partial charge in [0.05, 0.1) is 27.8 Å². The van der Waals surface area contributed by atoms with Crippen molar-refractivity contribution in [2.24, 2.45) is 0 Å². The van der Waals surface area contributed by atoms with Crippen LogP contribution in [0, 0.1) is 0 Å². The smallest absolute Gasteiger partial charge is 0.338 e. The SMILES string of the molecule is CCC1=C(C(=O)OC(C)C)C(c2cccc(OCc3ccc(Cl)c(Cl)c3)c2)NC(=O)N1. The molecule has 1 aliphatic rings. The van der Waals surface area contributed by atoms with Crippen molar-refractivity contribution >= 4 is 35.2 Å². The van der Waals surface area contributed by atoms with Crippen LogP contribution in [-0.2, 0) is 16.1 Å². The number of hydrogen-bond donors (Lipinski definition) is 2. The molecule has 0 fully saturated rings. The van der Waals surface area contributed by atoms with E-state index in [0.717, 1.165) is 5.56 Å². The summed E-state index contributed by atoms with van der Waals surface area (Å²) in [6.45, 7) is 5.73. The Balaban J connectivity index is 1.86. The fourth-order valence-corrected chi connectivity index (χ4v) is 3.57. The molecule has 1 aliphatic heterocycles. The molecule has 1 atom stereocenters. The van der Waals surface area contributed by atoms with Crippen LogP contribution in [0.4, 0.5) is 4.79 Å². The summed E-state index contributed by atoms with van der Waals surface area (Å²) in [6.07, 6.45) is 0.206. The molecule has 2 aromatic carbocycles. The molecule has 0 aromatic heterocycles. The number of hydrogen-bond acceptors (Lipinski definition) is 4. The number of carbonyl (C=O) groups is 2. The normalized spacial score (nSPS) is 16.1. The molecular formula is C23H24Cl2N2O4. The van der Waals surface area contributed by atoms with Crippen LogP contribution in [0.15, 0.2) is 53.7 Å². The molecule has 2 amide bonds. The lowest BCUT2D eigenvalue weighted by molar-refractivity contribution is -0.143. The van der Waals surface area contributed by atoms with E-state index in [2.05, 4.69) is 10.6 Å². The molecule has 8 heteroatoms. The maximum absolute atomic E-state index is 12.8. The largest absolute Gasteiger partial charge is 0.489 e. The first-order valence-electron chi connectivity index (χ1n) is 9.96. The third-order valence-electron chi connectivity index (χ3n) is 4.65. The molecule has 0 bridgehead atoms. The highest BCUT2D eigenvalue weighted by atomic mass is 35.5. The summed E-state index contributed by atoms with van der Waals surface area (Å²) >= 11 is 12.0. The average Bonchev–Trinajstić information content (AvgIpc) is 2.73. The van der Waals surface area contributed by atoms with Crippen molar-refractivity contribution < 1.29 is 19.1 Å². The lowest BCUT2D eigenvalue weighted by atomic mass is 9.94. The Labute approximate surface area is 191 Å². The van der Waals surface area contributed by atoms with Gasteiger partial charge in [-0.3, -0.25) is 0 Å². The summed E-state index contributed by atoms with van der Waals surface area (Å²) in [5.41, 5.74) is 2.51.